The number of rotatable bonds is 9. The average Bonchev–Trinajstić information content (AvgIpc) is 2.82. The van der Waals surface area contributed by atoms with Gasteiger partial charge in [-0.25, -0.2) is 0 Å². The molecule has 6 heteroatoms. The minimum absolute atomic E-state index is 0.0585. The van der Waals surface area contributed by atoms with Crippen molar-refractivity contribution < 1.29 is 19.1 Å². The first-order valence-corrected chi connectivity index (χ1v) is 10.7. The minimum Gasteiger partial charge on any atom is -0.493 e. The van der Waals surface area contributed by atoms with Gasteiger partial charge in [0, 0.05) is 25.2 Å². The molecule has 0 saturated carbocycles. The van der Waals surface area contributed by atoms with Crippen molar-refractivity contribution in [3.63, 3.8) is 0 Å². The molecule has 0 aliphatic carbocycles. The normalized spacial score (nSPS) is 13.4. The Kier molecular flexibility index (Phi) is 8.10. The van der Waals surface area contributed by atoms with Gasteiger partial charge in [-0.05, 0) is 61.1 Å². The molecule has 3 rings (SSSR count). The summed E-state index contributed by atoms with van der Waals surface area (Å²) in [5.41, 5.74) is 2.60. The van der Waals surface area contributed by atoms with Gasteiger partial charge in [0.25, 0.3) is 11.8 Å². The second kappa shape index (κ2) is 11.2. The van der Waals surface area contributed by atoms with Gasteiger partial charge in [0.15, 0.2) is 18.1 Å². The van der Waals surface area contributed by atoms with Gasteiger partial charge in [0.1, 0.15) is 0 Å². The van der Waals surface area contributed by atoms with Crippen LogP contribution in [-0.4, -0.2) is 43.5 Å². The van der Waals surface area contributed by atoms with Gasteiger partial charge in [0.05, 0.1) is 7.11 Å². The summed E-state index contributed by atoms with van der Waals surface area (Å²) in [5.74, 6) is 0.906. The van der Waals surface area contributed by atoms with Crippen LogP contribution >= 0.6 is 0 Å². The molecular formula is C25H30N2O4. The Morgan fingerprint density at radius 3 is 2.61 bits per heavy atom. The van der Waals surface area contributed by atoms with Crippen LogP contribution in [-0.2, 0) is 17.8 Å². The Bertz CT molecular complexity index is 919. The number of piperidine rings is 1. The molecule has 1 fully saturated rings. The van der Waals surface area contributed by atoms with Crippen LogP contribution in [0.4, 0.5) is 0 Å². The highest BCUT2D eigenvalue weighted by Gasteiger charge is 2.18. The first kappa shape index (κ1) is 22.4. The Morgan fingerprint density at radius 1 is 1.06 bits per heavy atom. The molecule has 0 unspecified atom stereocenters. The largest absolute Gasteiger partial charge is 0.493 e. The molecule has 1 heterocycles. The number of ether oxygens (including phenoxy) is 2. The number of nitrogens with zero attached hydrogens (tertiary/aromatic N) is 1. The highest BCUT2D eigenvalue weighted by molar-refractivity contribution is 5.94. The zero-order chi connectivity index (χ0) is 22.1. The van der Waals surface area contributed by atoms with Gasteiger partial charge in [-0.15, -0.1) is 6.58 Å². The predicted octanol–water partition coefficient (Wildman–Crippen LogP) is 3.75. The molecule has 1 saturated heterocycles. The maximum absolute atomic E-state index is 12.7. The number of allylic oxidation sites excluding steroid dienone is 1. The summed E-state index contributed by atoms with van der Waals surface area (Å²) in [4.78, 5) is 26.8. The second-order valence-electron chi connectivity index (χ2n) is 7.60. The lowest BCUT2D eigenvalue weighted by atomic mass is 10.1. The van der Waals surface area contributed by atoms with Gasteiger partial charge >= 0.3 is 0 Å². The molecule has 164 valence electrons. The number of hydrogen-bond donors (Lipinski definition) is 1. The van der Waals surface area contributed by atoms with Crippen molar-refractivity contribution in [3.05, 3.63) is 71.8 Å². The van der Waals surface area contributed by atoms with Crippen LogP contribution in [0.3, 0.4) is 0 Å². The Morgan fingerprint density at radius 2 is 1.87 bits per heavy atom. The average molecular weight is 423 g/mol. The fraction of sp³-hybridized carbons (Fsp3) is 0.360. The standard InChI is InChI=1S/C25H30N2O4/c1-3-8-19-11-12-22(23(16-19)30-2)31-18-24(28)26-17-20-9-7-10-21(15-20)25(29)27-13-5-4-6-14-27/h3,7,9-12,15-16H,1,4-6,8,13-14,17-18H2,2H3,(H,26,28). The summed E-state index contributed by atoms with van der Waals surface area (Å²) in [5, 5.41) is 2.84. The molecule has 1 aliphatic heterocycles. The van der Waals surface area contributed by atoms with E-state index in [1.165, 1.54) is 6.42 Å². The van der Waals surface area contributed by atoms with E-state index in [1.807, 2.05) is 47.4 Å². The first-order valence-electron chi connectivity index (χ1n) is 10.7. The van der Waals surface area contributed by atoms with Crippen LogP contribution in [0.15, 0.2) is 55.1 Å². The molecule has 2 aromatic carbocycles. The maximum atomic E-state index is 12.7. The molecule has 0 aromatic heterocycles. The summed E-state index contributed by atoms with van der Waals surface area (Å²) in [6, 6.07) is 13.0. The highest BCUT2D eigenvalue weighted by atomic mass is 16.5. The van der Waals surface area contributed by atoms with E-state index in [0.29, 0.717) is 23.6 Å². The van der Waals surface area contributed by atoms with Crippen LogP contribution in [0.5, 0.6) is 11.5 Å². The number of methoxy groups -OCH3 is 1. The summed E-state index contributed by atoms with van der Waals surface area (Å²) in [7, 11) is 1.57. The van der Waals surface area contributed by atoms with Crippen molar-refractivity contribution in [3.8, 4) is 11.5 Å². The third kappa shape index (κ3) is 6.35. The van der Waals surface area contributed by atoms with Crippen molar-refractivity contribution in [1.29, 1.82) is 0 Å². The molecule has 31 heavy (non-hydrogen) atoms. The third-order valence-electron chi connectivity index (χ3n) is 5.27. The van der Waals surface area contributed by atoms with E-state index in [1.54, 1.807) is 13.2 Å². The zero-order valence-electron chi connectivity index (χ0n) is 18.1. The van der Waals surface area contributed by atoms with E-state index < -0.39 is 0 Å². The van der Waals surface area contributed by atoms with Gasteiger partial charge < -0.3 is 19.7 Å². The van der Waals surface area contributed by atoms with Crippen molar-refractivity contribution in [2.24, 2.45) is 0 Å². The molecule has 1 N–H and O–H groups in total. The van der Waals surface area contributed by atoms with Crippen molar-refractivity contribution in [1.82, 2.24) is 10.2 Å². The lowest BCUT2D eigenvalue weighted by Crippen LogP contribution is -2.35. The van der Waals surface area contributed by atoms with E-state index in [0.717, 1.165) is 43.5 Å². The van der Waals surface area contributed by atoms with Crippen molar-refractivity contribution in [2.75, 3.05) is 26.8 Å². The van der Waals surface area contributed by atoms with Gasteiger partial charge in [-0.1, -0.05) is 24.3 Å². The summed E-state index contributed by atoms with van der Waals surface area (Å²) >= 11 is 0. The Balaban J connectivity index is 1.52. The number of benzene rings is 2. The molecule has 2 amide bonds. The molecule has 6 nitrogen and oxygen atoms in total. The van der Waals surface area contributed by atoms with Crippen LogP contribution < -0.4 is 14.8 Å². The molecule has 2 aromatic rings. The Hall–Kier alpha value is -3.28. The monoisotopic (exact) mass is 422 g/mol. The highest BCUT2D eigenvalue weighted by Crippen LogP contribution is 2.28. The predicted molar refractivity (Wildman–Crippen MR) is 120 cm³/mol. The molecule has 0 spiro atoms. The number of carbonyl (C=O) groups excluding carboxylic acids is 2. The fourth-order valence-electron chi connectivity index (χ4n) is 3.61. The zero-order valence-corrected chi connectivity index (χ0v) is 18.1. The van der Waals surface area contributed by atoms with Crippen LogP contribution in [0.2, 0.25) is 0 Å². The summed E-state index contributed by atoms with van der Waals surface area (Å²) in [6.07, 6.45) is 5.85. The molecule has 0 atom stereocenters. The maximum Gasteiger partial charge on any atom is 0.258 e. The second-order valence-corrected chi connectivity index (χ2v) is 7.60. The van der Waals surface area contributed by atoms with E-state index in [4.69, 9.17) is 9.47 Å². The van der Waals surface area contributed by atoms with E-state index in [9.17, 15) is 9.59 Å². The lowest BCUT2D eigenvalue weighted by molar-refractivity contribution is -0.123. The quantitative estimate of drug-likeness (QED) is 0.625. The topological polar surface area (TPSA) is 67.9 Å². The first-order chi connectivity index (χ1) is 15.1. The third-order valence-corrected chi connectivity index (χ3v) is 5.27. The molecule has 1 aliphatic rings. The minimum atomic E-state index is -0.245. The van der Waals surface area contributed by atoms with Crippen molar-refractivity contribution >= 4 is 11.8 Å². The van der Waals surface area contributed by atoms with E-state index in [2.05, 4.69) is 11.9 Å². The number of hydrogen-bond acceptors (Lipinski definition) is 4. The van der Waals surface area contributed by atoms with Crippen LogP contribution in [0, 0.1) is 0 Å². The molecule has 0 radical (unpaired) electrons. The smallest absolute Gasteiger partial charge is 0.258 e. The number of carbonyl (C=O) groups is 2. The summed E-state index contributed by atoms with van der Waals surface area (Å²) in [6.45, 7) is 5.57. The van der Waals surface area contributed by atoms with Gasteiger partial charge in [0.2, 0.25) is 0 Å². The number of amides is 2. The molecule has 0 bridgehead atoms. The van der Waals surface area contributed by atoms with Gasteiger partial charge in [-0.2, -0.15) is 0 Å². The van der Waals surface area contributed by atoms with E-state index in [-0.39, 0.29) is 18.4 Å². The van der Waals surface area contributed by atoms with E-state index >= 15 is 0 Å². The summed E-state index contributed by atoms with van der Waals surface area (Å²) < 4.78 is 11.0. The number of likely N-dealkylation sites (tertiary alicyclic amines) is 1. The SMILES string of the molecule is C=CCc1ccc(OCC(=O)NCc2cccc(C(=O)N3CCCCC3)c2)c(OC)c1. The number of nitrogens with one attached hydrogen (secondary N) is 1. The molecular weight excluding hydrogens is 392 g/mol. The van der Waals surface area contributed by atoms with Gasteiger partial charge in [-0.3, -0.25) is 9.59 Å². The fourth-order valence-corrected chi connectivity index (χ4v) is 3.61. The van der Waals surface area contributed by atoms with Crippen LogP contribution in [0.25, 0.3) is 0 Å². The Labute approximate surface area is 183 Å². The van der Waals surface area contributed by atoms with Crippen molar-refractivity contribution in [2.45, 2.75) is 32.2 Å². The van der Waals surface area contributed by atoms with Crippen LogP contribution in [0.1, 0.15) is 40.7 Å². The lowest BCUT2D eigenvalue weighted by Gasteiger charge is -2.26.